The summed E-state index contributed by atoms with van der Waals surface area (Å²) in [5.74, 6) is 0.723. The van der Waals surface area contributed by atoms with Gasteiger partial charge < -0.3 is 9.84 Å². The van der Waals surface area contributed by atoms with Gasteiger partial charge in [-0.3, -0.25) is 0 Å². The molecule has 0 aliphatic rings. The molecule has 0 atom stereocenters. The van der Waals surface area contributed by atoms with Crippen molar-refractivity contribution in [3.8, 4) is 22.8 Å². The third kappa shape index (κ3) is 3.04. The summed E-state index contributed by atoms with van der Waals surface area (Å²) in [6, 6.07) is 22.3. The molecule has 27 heavy (non-hydrogen) atoms. The Morgan fingerprint density at radius 2 is 1.67 bits per heavy atom. The second-order valence-corrected chi connectivity index (χ2v) is 6.23. The Labute approximate surface area is 156 Å². The van der Waals surface area contributed by atoms with Crippen LogP contribution in [0.5, 0.6) is 11.6 Å². The van der Waals surface area contributed by atoms with Gasteiger partial charge in [-0.1, -0.05) is 48.5 Å². The molecule has 2 aromatic heterocycles. The molecule has 0 saturated heterocycles. The third-order valence-electron chi connectivity index (χ3n) is 4.59. The summed E-state index contributed by atoms with van der Waals surface area (Å²) >= 11 is 0. The van der Waals surface area contributed by atoms with E-state index in [-0.39, 0.29) is 17.0 Å². The molecule has 0 unspecified atom stereocenters. The first-order chi connectivity index (χ1) is 13.2. The number of nitrogens with zero attached hydrogens (tertiary/aromatic N) is 2. The number of aromatic nitrogens is 2. The molecule has 5 heteroatoms. The molecular formula is C22H19N2O3+. The highest BCUT2D eigenvalue weighted by atomic mass is 16.5. The number of rotatable bonds is 4. The maximum absolute atomic E-state index is 13.0. The van der Waals surface area contributed by atoms with Crippen LogP contribution in [0.4, 0.5) is 0 Å². The van der Waals surface area contributed by atoms with E-state index in [2.05, 4.69) is 0 Å². The molecule has 0 fully saturated rings. The lowest BCUT2D eigenvalue weighted by molar-refractivity contribution is -0.671. The molecule has 0 amide bonds. The smallest absolute Gasteiger partial charge is 0.354 e. The lowest BCUT2D eigenvalue weighted by Gasteiger charge is -2.10. The Bertz CT molecular complexity index is 1150. The fourth-order valence-electron chi connectivity index (χ4n) is 3.21. The quantitative estimate of drug-likeness (QED) is 0.570. The van der Waals surface area contributed by atoms with Gasteiger partial charge in [-0.25, -0.2) is 4.79 Å². The fourth-order valence-corrected chi connectivity index (χ4v) is 3.21. The van der Waals surface area contributed by atoms with E-state index in [0.29, 0.717) is 17.8 Å². The molecule has 0 aliphatic heterocycles. The Morgan fingerprint density at radius 1 is 0.963 bits per heavy atom. The molecule has 0 radical (unpaired) electrons. The summed E-state index contributed by atoms with van der Waals surface area (Å²) in [4.78, 5) is 13.0. The number of pyridine rings is 1. The highest BCUT2D eigenvalue weighted by Gasteiger charge is 2.24. The topological polar surface area (TPSA) is 54.8 Å². The highest BCUT2D eigenvalue weighted by molar-refractivity contribution is 5.66. The molecular weight excluding hydrogens is 340 g/mol. The minimum absolute atomic E-state index is 0.0479. The summed E-state index contributed by atoms with van der Waals surface area (Å²) in [5.41, 5.74) is 2.32. The largest absolute Gasteiger partial charge is 0.497 e. The van der Waals surface area contributed by atoms with E-state index in [9.17, 15) is 9.90 Å². The van der Waals surface area contributed by atoms with Gasteiger partial charge in [-0.05, 0) is 29.3 Å². The maximum Gasteiger partial charge on any atom is 0.354 e. The molecule has 5 nitrogen and oxygen atoms in total. The van der Waals surface area contributed by atoms with Crippen molar-refractivity contribution in [2.75, 3.05) is 7.11 Å². The fraction of sp³-hybridized carbons (Fsp3) is 0.0909. The number of hydrogen-bond donors (Lipinski definition) is 1. The monoisotopic (exact) mass is 359 g/mol. The van der Waals surface area contributed by atoms with E-state index in [1.54, 1.807) is 28.3 Å². The van der Waals surface area contributed by atoms with E-state index in [1.165, 1.54) is 0 Å². The van der Waals surface area contributed by atoms with Crippen molar-refractivity contribution >= 4 is 5.65 Å². The first-order valence-corrected chi connectivity index (χ1v) is 8.63. The van der Waals surface area contributed by atoms with Gasteiger partial charge in [0.1, 0.15) is 12.3 Å². The van der Waals surface area contributed by atoms with Crippen LogP contribution in [0.15, 0.2) is 83.8 Å². The zero-order valence-corrected chi connectivity index (χ0v) is 14.9. The highest BCUT2D eigenvalue weighted by Crippen LogP contribution is 2.23. The molecule has 2 heterocycles. The Kier molecular flexibility index (Phi) is 4.34. The van der Waals surface area contributed by atoms with Crippen LogP contribution in [-0.4, -0.2) is 16.6 Å². The second kappa shape index (κ2) is 6.96. The van der Waals surface area contributed by atoms with Crippen molar-refractivity contribution in [1.82, 2.24) is 4.40 Å². The number of benzene rings is 2. The minimum Gasteiger partial charge on any atom is -0.497 e. The number of hydrogen-bond acceptors (Lipinski definition) is 3. The van der Waals surface area contributed by atoms with E-state index in [1.807, 2.05) is 66.7 Å². The van der Waals surface area contributed by atoms with Crippen molar-refractivity contribution in [2.24, 2.45) is 0 Å². The molecule has 0 aliphatic carbocycles. The van der Waals surface area contributed by atoms with Crippen molar-refractivity contribution in [3.05, 3.63) is 94.9 Å². The summed E-state index contributed by atoms with van der Waals surface area (Å²) < 4.78 is 8.51. The second-order valence-electron chi connectivity index (χ2n) is 6.23. The van der Waals surface area contributed by atoms with Crippen LogP contribution in [0.1, 0.15) is 5.56 Å². The Hall–Kier alpha value is -3.60. The van der Waals surface area contributed by atoms with Gasteiger partial charge >= 0.3 is 5.56 Å². The standard InChI is InChI=1S/C22H18N2O3/c1-27-18-12-10-16(11-13-18)15-24-19-9-5-6-14-23(19)21(25)20(22(24)26)17-7-3-2-4-8-17/h2-14H,15H2,1H3/p+1. The van der Waals surface area contributed by atoms with Gasteiger partial charge in [0.05, 0.1) is 13.3 Å². The van der Waals surface area contributed by atoms with Crippen LogP contribution in [0.25, 0.3) is 16.8 Å². The van der Waals surface area contributed by atoms with Crippen molar-refractivity contribution < 1.29 is 14.4 Å². The molecule has 4 aromatic rings. The van der Waals surface area contributed by atoms with Gasteiger partial charge in [0, 0.05) is 6.07 Å². The maximum atomic E-state index is 13.0. The predicted octanol–water partition coefficient (Wildman–Crippen LogP) is 3.02. The summed E-state index contributed by atoms with van der Waals surface area (Å²) in [7, 11) is 1.62. The summed E-state index contributed by atoms with van der Waals surface area (Å²) in [5, 5.41) is 11.0. The van der Waals surface area contributed by atoms with E-state index in [4.69, 9.17) is 4.74 Å². The zero-order chi connectivity index (χ0) is 18.8. The van der Waals surface area contributed by atoms with Crippen LogP contribution in [0.3, 0.4) is 0 Å². The number of aromatic hydroxyl groups is 1. The zero-order valence-electron chi connectivity index (χ0n) is 14.9. The molecule has 0 saturated carbocycles. The van der Waals surface area contributed by atoms with Crippen LogP contribution in [0, 0.1) is 0 Å². The molecule has 0 spiro atoms. The molecule has 4 rings (SSSR count). The van der Waals surface area contributed by atoms with Gasteiger partial charge in [0.25, 0.3) is 11.5 Å². The van der Waals surface area contributed by atoms with Gasteiger partial charge in [-0.15, -0.1) is 0 Å². The first kappa shape index (κ1) is 16.8. The first-order valence-electron chi connectivity index (χ1n) is 8.63. The predicted molar refractivity (Wildman–Crippen MR) is 103 cm³/mol. The van der Waals surface area contributed by atoms with Crippen molar-refractivity contribution in [2.45, 2.75) is 6.54 Å². The third-order valence-corrected chi connectivity index (χ3v) is 4.59. The number of fused-ring (bicyclic) bond motifs is 1. The van der Waals surface area contributed by atoms with Gasteiger partial charge in [0.15, 0.2) is 5.56 Å². The van der Waals surface area contributed by atoms with Crippen LogP contribution in [-0.2, 0) is 6.54 Å². The van der Waals surface area contributed by atoms with Crippen molar-refractivity contribution in [1.29, 1.82) is 0 Å². The lowest BCUT2D eigenvalue weighted by atomic mass is 10.1. The molecule has 0 bridgehead atoms. The summed E-state index contributed by atoms with van der Waals surface area (Å²) in [6.45, 7) is 0.420. The molecule has 2 aromatic carbocycles. The van der Waals surface area contributed by atoms with Gasteiger partial charge in [-0.2, -0.15) is 8.97 Å². The SMILES string of the molecule is COc1ccc(C[n+]2c(O)c(-c3ccccc3)c(=O)n3ccccc32)cc1. The average Bonchev–Trinajstić information content (AvgIpc) is 2.72. The van der Waals surface area contributed by atoms with Crippen molar-refractivity contribution in [3.63, 3.8) is 0 Å². The Balaban J connectivity index is 1.94. The number of methoxy groups -OCH3 is 1. The Morgan fingerprint density at radius 3 is 2.37 bits per heavy atom. The summed E-state index contributed by atoms with van der Waals surface area (Å²) in [6.07, 6.45) is 1.72. The van der Waals surface area contributed by atoms with E-state index in [0.717, 1.165) is 11.3 Å². The lowest BCUT2D eigenvalue weighted by Crippen LogP contribution is -2.41. The van der Waals surface area contributed by atoms with E-state index >= 15 is 0 Å². The van der Waals surface area contributed by atoms with Crippen LogP contribution < -0.4 is 14.9 Å². The average molecular weight is 359 g/mol. The minimum atomic E-state index is -0.250. The normalized spacial score (nSPS) is 10.9. The molecule has 1 N–H and O–H groups in total. The van der Waals surface area contributed by atoms with E-state index < -0.39 is 0 Å². The number of ether oxygens (including phenoxy) is 1. The molecule has 134 valence electrons. The van der Waals surface area contributed by atoms with Crippen LogP contribution in [0.2, 0.25) is 0 Å². The van der Waals surface area contributed by atoms with Gasteiger partial charge in [0.2, 0.25) is 0 Å². The van der Waals surface area contributed by atoms with Crippen LogP contribution >= 0.6 is 0 Å².